The second kappa shape index (κ2) is 11.2. The van der Waals surface area contributed by atoms with Crippen molar-refractivity contribution in [1.82, 2.24) is 0 Å². The molecule has 9 heteroatoms. The second-order valence-corrected chi connectivity index (χ2v) is 11.8. The standard InChI is InChI=1S/C33H35F3O6/c1-18-13-22(40-12-11-32(3,4)39)14-19(2)30(18)31-25-8-10-27(24(25)7-9-26(31)33(34,35)36)42-21-5-6-23-20(15-29(37)38)17-41-28(23)16-21/h5-7,9,13-14,16,20,27,39H,8,10-12,15,17H2,1-4H3,(H,37,38). The van der Waals surface area contributed by atoms with Gasteiger partial charge in [-0.3, -0.25) is 4.79 Å². The van der Waals surface area contributed by atoms with Gasteiger partial charge in [0, 0.05) is 24.0 Å². The summed E-state index contributed by atoms with van der Waals surface area (Å²) in [5, 5.41) is 19.1. The van der Waals surface area contributed by atoms with Gasteiger partial charge in [-0.15, -0.1) is 0 Å². The highest BCUT2D eigenvalue weighted by Crippen LogP contribution is 2.48. The van der Waals surface area contributed by atoms with Crippen molar-refractivity contribution >= 4 is 5.97 Å². The monoisotopic (exact) mass is 584 g/mol. The van der Waals surface area contributed by atoms with E-state index in [0.717, 1.165) is 11.6 Å². The summed E-state index contributed by atoms with van der Waals surface area (Å²) in [4.78, 5) is 11.2. The Balaban J connectivity index is 1.46. The molecule has 6 nitrogen and oxygen atoms in total. The Kier molecular flexibility index (Phi) is 7.91. The third kappa shape index (κ3) is 6.21. The molecular formula is C33H35F3O6. The first kappa shape index (κ1) is 29.8. The number of aliphatic carboxylic acids is 1. The Bertz CT molecular complexity index is 1480. The lowest BCUT2D eigenvalue weighted by Crippen LogP contribution is -2.21. The minimum atomic E-state index is -4.55. The summed E-state index contributed by atoms with van der Waals surface area (Å²) in [6, 6.07) is 11.4. The SMILES string of the molecule is Cc1cc(OCCC(C)(C)O)cc(C)c1-c1c(C(F)(F)F)ccc2c1CCC2Oc1ccc2c(c1)OCC2CC(=O)O. The van der Waals surface area contributed by atoms with E-state index in [0.29, 0.717) is 64.3 Å². The van der Waals surface area contributed by atoms with Crippen LogP contribution < -0.4 is 14.2 Å². The van der Waals surface area contributed by atoms with Crippen molar-refractivity contribution in [1.29, 1.82) is 0 Å². The number of hydrogen-bond acceptors (Lipinski definition) is 5. The molecule has 0 bridgehead atoms. The Morgan fingerprint density at radius 1 is 1.00 bits per heavy atom. The van der Waals surface area contributed by atoms with Crippen molar-refractivity contribution in [2.24, 2.45) is 0 Å². The number of aryl methyl sites for hydroxylation is 2. The van der Waals surface area contributed by atoms with E-state index in [1.54, 1.807) is 58.0 Å². The minimum absolute atomic E-state index is 0.0275. The van der Waals surface area contributed by atoms with E-state index in [-0.39, 0.29) is 31.1 Å². The second-order valence-electron chi connectivity index (χ2n) is 11.8. The summed E-state index contributed by atoms with van der Waals surface area (Å²) < 4.78 is 60.9. The van der Waals surface area contributed by atoms with E-state index in [2.05, 4.69) is 0 Å². The Hall–Kier alpha value is -3.72. The lowest BCUT2D eigenvalue weighted by atomic mass is 9.86. The van der Waals surface area contributed by atoms with E-state index < -0.39 is 29.4 Å². The van der Waals surface area contributed by atoms with Crippen LogP contribution in [-0.4, -0.2) is 35.0 Å². The summed E-state index contributed by atoms with van der Waals surface area (Å²) in [6.07, 6.45) is -3.67. The van der Waals surface area contributed by atoms with Gasteiger partial charge in [-0.25, -0.2) is 0 Å². The lowest BCUT2D eigenvalue weighted by Gasteiger charge is -2.23. The molecule has 2 aliphatic rings. The van der Waals surface area contributed by atoms with Gasteiger partial charge < -0.3 is 24.4 Å². The van der Waals surface area contributed by atoms with Gasteiger partial charge in [0.1, 0.15) is 23.4 Å². The third-order valence-electron chi connectivity index (χ3n) is 7.96. The van der Waals surface area contributed by atoms with Crippen LogP contribution in [0.25, 0.3) is 11.1 Å². The van der Waals surface area contributed by atoms with Crippen LogP contribution in [0, 0.1) is 13.8 Å². The first-order chi connectivity index (χ1) is 19.7. The molecule has 224 valence electrons. The zero-order chi connectivity index (χ0) is 30.4. The molecule has 2 atom stereocenters. The predicted octanol–water partition coefficient (Wildman–Crippen LogP) is 7.55. The van der Waals surface area contributed by atoms with Crippen molar-refractivity contribution < 1.29 is 42.4 Å². The molecule has 3 aromatic rings. The molecule has 3 aromatic carbocycles. The van der Waals surface area contributed by atoms with Crippen LogP contribution in [0.4, 0.5) is 13.2 Å². The molecule has 0 radical (unpaired) electrons. The fraction of sp³-hybridized carbons (Fsp3) is 0.424. The number of rotatable bonds is 9. The molecule has 0 fully saturated rings. The lowest BCUT2D eigenvalue weighted by molar-refractivity contribution is -0.138. The van der Waals surface area contributed by atoms with E-state index >= 15 is 0 Å². The third-order valence-corrected chi connectivity index (χ3v) is 7.96. The van der Waals surface area contributed by atoms with E-state index in [1.165, 1.54) is 6.07 Å². The van der Waals surface area contributed by atoms with E-state index in [9.17, 15) is 23.1 Å². The Labute approximate surface area is 243 Å². The van der Waals surface area contributed by atoms with Crippen LogP contribution in [0.1, 0.15) is 78.5 Å². The maximum absolute atomic E-state index is 14.4. The summed E-state index contributed by atoms with van der Waals surface area (Å²) >= 11 is 0. The van der Waals surface area contributed by atoms with E-state index in [1.807, 2.05) is 0 Å². The van der Waals surface area contributed by atoms with Crippen molar-refractivity contribution in [3.63, 3.8) is 0 Å². The summed E-state index contributed by atoms with van der Waals surface area (Å²) in [5.41, 5.74) is 2.63. The number of ether oxygens (including phenoxy) is 3. The molecule has 1 heterocycles. The van der Waals surface area contributed by atoms with Crippen LogP contribution in [0.3, 0.4) is 0 Å². The normalized spacial score (nSPS) is 17.9. The quantitative estimate of drug-likeness (QED) is 0.270. The first-order valence-corrected chi connectivity index (χ1v) is 14.1. The van der Waals surface area contributed by atoms with Gasteiger partial charge in [-0.2, -0.15) is 13.2 Å². The van der Waals surface area contributed by atoms with Crippen molar-refractivity contribution in [2.45, 2.75) is 77.2 Å². The van der Waals surface area contributed by atoms with Crippen LogP contribution in [0.2, 0.25) is 0 Å². The predicted molar refractivity (Wildman–Crippen MR) is 151 cm³/mol. The highest BCUT2D eigenvalue weighted by molar-refractivity contribution is 5.80. The van der Waals surface area contributed by atoms with Gasteiger partial charge in [-0.1, -0.05) is 12.1 Å². The van der Waals surface area contributed by atoms with Crippen LogP contribution in [0.15, 0.2) is 42.5 Å². The molecule has 1 aliphatic carbocycles. The van der Waals surface area contributed by atoms with Gasteiger partial charge in [0.25, 0.3) is 0 Å². The number of halogens is 3. The van der Waals surface area contributed by atoms with Crippen molar-refractivity contribution in [3.8, 4) is 28.4 Å². The zero-order valence-electron chi connectivity index (χ0n) is 24.1. The molecule has 0 spiro atoms. The molecule has 2 unspecified atom stereocenters. The molecular weight excluding hydrogens is 549 g/mol. The molecule has 2 N–H and O–H groups in total. The largest absolute Gasteiger partial charge is 0.493 e. The fourth-order valence-electron chi connectivity index (χ4n) is 6.00. The van der Waals surface area contributed by atoms with Crippen LogP contribution >= 0.6 is 0 Å². The van der Waals surface area contributed by atoms with Gasteiger partial charge in [0.15, 0.2) is 0 Å². The molecule has 0 amide bonds. The van der Waals surface area contributed by atoms with Gasteiger partial charge in [-0.05, 0) is 98.2 Å². The number of benzene rings is 3. The number of fused-ring (bicyclic) bond motifs is 2. The molecule has 1 aliphatic heterocycles. The number of hydrogen-bond donors (Lipinski definition) is 2. The number of alkyl halides is 3. The number of carboxylic acid groups (broad SMARTS) is 1. The number of carbonyl (C=O) groups is 1. The average molecular weight is 585 g/mol. The number of carboxylic acids is 1. The summed E-state index contributed by atoms with van der Waals surface area (Å²) in [6.45, 7) is 7.52. The molecule has 5 rings (SSSR count). The summed E-state index contributed by atoms with van der Waals surface area (Å²) in [7, 11) is 0. The van der Waals surface area contributed by atoms with Crippen molar-refractivity contribution in [2.75, 3.05) is 13.2 Å². The fourth-order valence-corrected chi connectivity index (χ4v) is 6.00. The van der Waals surface area contributed by atoms with Gasteiger partial charge in [0.2, 0.25) is 0 Å². The van der Waals surface area contributed by atoms with Crippen molar-refractivity contribution in [3.05, 3.63) is 75.8 Å². The maximum Gasteiger partial charge on any atom is 0.417 e. The van der Waals surface area contributed by atoms with Gasteiger partial charge >= 0.3 is 12.1 Å². The van der Waals surface area contributed by atoms with Crippen LogP contribution in [-0.2, 0) is 17.4 Å². The molecule has 42 heavy (non-hydrogen) atoms. The van der Waals surface area contributed by atoms with E-state index in [4.69, 9.17) is 19.3 Å². The van der Waals surface area contributed by atoms with Crippen LogP contribution in [0.5, 0.6) is 17.2 Å². The Morgan fingerprint density at radius 2 is 1.69 bits per heavy atom. The minimum Gasteiger partial charge on any atom is -0.493 e. The molecule has 0 saturated carbocycles. The highest BCUT2D eigenvalue weighted by Gasteiger charge is 2.39. The first-order valence-electron chi connectivity index (χ1n) is 14.1. The Morgan fingerprint density at radius 3 is 2.33 bits per heavy atom. The highest BCUT2D eigenvalue weighted by atomic mass is 19.4. The summed E-state index contributed by atoms with van der Waals surface area (Å²) in [5.74, 6) is 0.508. The average Bonchev–Trinajstić information content (AvgIpc) is 3.46. The smallest absolute Gasteiger partial charge is 0.417 e. The zero-order valence-corrected chi connectivity index (χ0v) is 24.1. The topological polar surface area (TPSA) is 85.2 Å². The molecule has 0 saturated heterocycles. The molecule has 0 aromatic heterocycles. The van der Waals surface area contributed by atoms with Gasteiger partial charge in [0.05, 0.1) is 30.8 Å². The maximum atomic E-state index is 14.4. The number of aliphatic hydroxyl groups is 1.